The van der Waals surface area contributed by atoms with E-state index in [0.29, 0.717) is 17.9 Å². The molecule has 0 amide bonds. The molecule has 1 saturated heterocycles. The van der Waals surface area contributed by atoms with Crippen molar-refractivity contribution in [3.05, 3.63) is 28.8 Å². The second-order valence-electron chi connectivity index (χ2n) is 11.4. The number of Topliss-reactive ketones (excluding diaryl/α,β-unsaturated/α-hetero) is 1. The molecule has 0 unspecified atom stereocenters. The van der Waals surface area contributed by atoms with E-state index in [1.54, 1.807) is 0 Å². The highest BCUT2D eigenvalue weighted by Crippen LogP contribution is 2.45. The van der Waals surface area contributed by atoms with Gasteiger partial charge >= 0.3 is 0 Å². The Morgan fingerprint density at radius 3 is 2.07 bits per heavy atom. The summed E-state index contributed by atoms with van der Waals surface area (Å²) in [6, 6.07) is 3.79. The van der Waals surface area contributed by atoms with Crippen molar-refractivity contribution in [3.8, 4) is 5.75 Å². The number of rotatable bonds is 3. The molecule has 1 aromatic rings. The van der Waals surface area contributed by atoms with Gasteiger partial charge in [-0.05, 0) is 41.2 Å². The van der Waals surface area contributed by atoms with E-state index in [9.17, 15) is 9.90 Å². The van der Waals surface area contributed by atoms with Crippen LogP contribution in [0, 0.1) is 5.41 Å². The topological polar surface area (TPSA) is 52.9 Å². The fraction of sp³-hybridized carbons (Fsp3) is 0.680. The lowest BCUT2D eigenvalue weighted by molar-refractivity contribution is 0.0950. The third-order valence-electron chi connectivity index (χ3n) is 6.82. The first-order valence-electron chi connectivity index (χ1n) is 11.2. The van der Waals surface area contributed by atoms with E-state index >= 15 is 0 Å². The predicted molar refractivity (Wildman–Crippen MR) is 128 cm³/mol. The van der Waals surface area contributed by atoms with Gasteiger partial charge in [-0.15, -0.1) is 0 Å². The highest BCUT2D eigenvalue weighted by atomic mass is 79.9. The van der Waals surface area contributed by atoms with E-state index < -0.39 is 0 Å². The van der Waals surface area contributed by atoms with Gasteiger partial charge in [-0.25, -0.2) is 0 Å². The van der Waals surface area contributed by atoms with Gasteiger partial charge in [0.15, 0.2) is 5.78 Å². The maximum absolute atomic E-state index is 13.4. The Labute approximate surface area is 190 Å². The van der Waals surface area contributed by atoms with Crippen molar-refractivity contribution in [3.63, 3.8) is 0 Å². The van der Waals surface area contributed by atoms with Crippen molar-refractivity contribution >= 4 is 27.8 Å². The molecule has 0 aromatic heterocycles. The summed E-state index contributed by atoms with van der Waals surface area (Å²) in [6.45, 7) is 13.7. The Morgan fingerprint density at radius 1 is 1.07 bits per heavy atom. The number of hydrogen-bond acceptors (Lipinski definition) is 3. The molecule has 1 aliphatic carbocycles. The molecule has 1 aromatic carbocycles. The van der Waals surface area contributed by atoms with Crippen molar-refractivity contribution in [2.45, 2.75) is 90.9 Å². The molecule has 4 nitrogen and oxygen atoms in total. The van der Waals surface area contributed by atoms with E-state index in [1.807, 2.05) is 12.1 Å². The molecule has 2 aliphatic rings. The Hall–Kier alpha value is -1.36. The van der Waals surface area contributed by atoms with Crippen LogP contribution in [0.2, 0.25) is 0 Å². The smallest absolute Gasteiger partial charge is 0.182 e. The summed E-state index contributed by atoms with van der Waals surface area (Å²) in [4.78, 5) is 15.6. The Morgan fingerprint density at radius 2 is 1.60 bits per heavy atom. The van der Waals surface area contributed by atoms with E-state index in [1.165, 1.54) is 32.1 Å². The first kappa shape index (κ1) is 23.3. The zero-order valence-electron chi connectivity index (χ0n) is 19.4. The van der Waals surface area contributed by atoms with Gasteiger partial charge in [0.25, 0.3) is 0 Å². The molecule has 0 radical (unpaired) electrons. The molecule has 3 rings (SSSR count). The number of carbonyl (C=O) groups is 1. The summed E-state index contributed by atoms with van der Waals surface area (Å²) >= 11 is 3.30. The summed E-state index contributed by atoms with van der Waals surface area (Å²) < 4.78 is 4.36. The molecule has 1 heterocycles. The van der Waals surface area contributed by atoms with Crippen LogP contribution in [-0.4, -0.2) is 34.7 Å². The number of phenolic OH excluding ortho intramolecular Hbond substituents is 1. The summed E-state index contributed by atoms with van der Waals surface area (Å²) in [7, 11) is 0. The van der Waals surface area contributed by atoms with Crippen LogP contribution in [0.5, 0.6) is 5.75 Å². The molecule has 1 saturated carbocycles. The Balaban J connectivity index is 1.91. The number of likely N-dealkylation sites (tertiary alicyclic amines) is 1. The second-order valence-corrected chi connectivity index (χ2v) is 11.8. The summed E-state index contributed by atoms with van der Waals surface area (Å²) in [6.07, 6.45) is 7.29. The summed E-state index contributed by atoms with van der Waals surface area (Å²) in [5.41, 5.74) is 2.13. The first-order valence-corrected chi connectivity index (χ1v) is 11.9. The number of phenols is 1. The molecular weight excluding hydrogens is 440 g/mol. The zero-order valence-corrected chi connectivity index (χ0v) is 21.0. The normalized spacial score (nSPS) is 20.9. The fourth-order valence-corrected chi connectivity index (χ4v) is 5.42. The average molecular weight is 477 g/mol. The van der Waals surface area contributed by atoms with Crippen LogP contribution in [0.1, 0.15) is 102 Å². The monoisotopic (exact) mass is 476 g/mol. The minimum Gasteiger partial charge on any atom is -0.507 e. The van der Waals surface area contributed by atoms with Gasteiger partial charge in [0.2, 0.25) is 0 Å². The maximum Gasteiger partial charge on any atom is 0.182 e. The van der Waals surface area contributed by atoms with Gasteiger partial charge < -0.3 is 10.0 Å². The van der Waals surface area contributed by atoms with Crippen molar-refractivity contribution in [1.29, 1.82) is 0 Å². The highest BCUT2D eigenvalue weighted by molar-refractivity contribution is 9.08. The lowest BCUT2D eigenvalue weighted by Gasteiger charge is -2.32. The number of carbonyl (C=O) groups excluding carboxylic acids is 1. The Bertz CT molecular complexity index is 805. The first-order chi connectivity index (χ1) is 13.9. The number of benzene rings is 1. The maximum atomic E-state index is 13.4. The molecule has 2 fully saturated rings. The average Bonchev–Trinajstić information content (AvgIpc) is 2.97. The van der Waals surface area contributed by atoms with E-state index in [4.69, 9.17) is 0 Å². The molecule has 0 atom stereocenters. The van der Waals surface area contributed by atoms with Gasteiger partial charge in [-0.1, -0.05) is 60.8 Å². The van der Waals surface area contributed by atoms with Crippen LogP contribution in [0.15, 0.2) is 16.2 Å². The SMILES string of the molecule is CC(C)(C)c1cc(C(=O)CN2CC3(CCCCC3)C/C2=N/Br)cc(C(C)(C)C)c1O. The number of amidine groups is 1. The van der Waals surface area contributed by atoms with Gasteiger partial charge in [0.05, 0.1) is 22.7 Å². The van der Waals surface area contributed by atoms with Crippen molar-refractivity contribution in [2.24, 2.45) is 9.43 Å². The van der Waals surface area contributed by atoms with Crippen LogP contribution in [-0.2, 0) is 10.8 Å². The minimum absolute atomic E-state index is 0.0903. The van der Waals surface area contributed by atoms with E-state index in [2.05, 4.69) is 66.6 Å². The molecule has 1 N–H and O–H groups in total. The highest BCUT2D eigenvalue weighted by Gasteiger charge is 2.42. The van der Waals surface area contributed by atoms with E-state index in [-0.39, 0.29) is 22.0 Å². The van der Waals surface area contributed by atoms with Gasteiger partial charge in [-0.2, -0.15) is 4.02 Å². The molecule has 5 heteroatoms. The number of nitrogens with zero attached hydrogens (tertiary/aromatic N) is 2. The van der Waals surface area contributed by atoms with Crippen molar-refractivity contribution in [1.82, 2.24) is 4.90 Å². The lowest BCUT2D eigenvalue weighted by atomic mass is 9.73. The zero-order chi connectivity index (χ0) is 22.3. The number of ketones is 1. The van der Waals surface area contributed by atoms with Crippen molar-refractivity contribution in [2.75, 3.05) is 13.1 Å². The molecular formula is C25H37BrN2O2. The van der Waals surface area contributed by atoms with Crippen LogP contribution in [0.25, 0.3) is 0 Å². The summed E-state index contributed by atoms with van der Waals surface area (Å²) in [5, 5.41) is 10.9. The van der Waals surface area contributed by atoms with Crippen LogP contribution < -0.4 is 0 Å². The van der Waals surface area contributed by atoms with Crippen LogP contribution in [0.4, 0.5) is 0 Å². The number of aromatic hydroxyl groups is 1. The largest absolute Gasteiger partial charge is 0.507 e. The van der Waals surface area contributed by atoms with Gasteiger partial charge in [0, 0.05) is 29.7 Å². The standard InChI is InChI=1S/C25H37BrN2O2/c1-23(2,3)18-12-17(13-19(22(18)30)24(4,5)6)20(29)15-28-16-25(14-21(28)27-26)10-8-7-9-11-25/h12-13,30H,7-11,14-16H2,1-6H3/b27-21-. The van der Waals surface area contributed by atoms with Crippen LogP contribution in [0.3, 0.4) is 0 Å². The molecule has 1 spiro atoms. The number of halogens is 1. The fourth-order valence-electron chi connectivity index (χ4n) is 5.07. The number of hydrogen-bond donors (Lipinski definition) is 1. The molecule has 166 valence electrons. The van der Waals surface area contributed by atoms with Crippen molar-refractivity contribution < 1.29 is 9.90 Å². The summed E-state index contributed by atoms with van der Waals surface area (Å²) in [5.74, 6) is 1.40. The van der Waals surface area contributed by atoms with E-state index in [0.717, 1.165) is 29.9 Å². The molecule has 30 heavy (non-hydrogen) atoms. The minimum atomic E-state index is -0.247. The predicted octanol–water partition coefficient (Wildman–Crippen LogP) is 6.53. The van der Waals surface area contributed by atoms with Crippen LogP contribution >= 0.6 is 16.1 Å². The lowest BCUT2D eigenvalue weighted by Crippen LogP contribution is -2.34. The third-order valence-corrected chi connectivity index (χ3v) is 7.23. The van der Waals surface area contributed by atoms with Gasteiger partial charge in [-0.3, -0.25) is 4.79 Å². The Kier molecular flexibility index (Phi) is 6.44. The quantitative estimate of drug-likeness (QED) is 0.504. The molecule has 0 bridgehead atoms. The van der Waals surface area contributed by atoms with Gasteiger partial charge in [0.1, 0.15) is 11.6 Å². The third kappa shape index (κ3) is 4.76. The molecule has 1 aliphatic heterocycles. The second kappa shape index (κ2) is 8.29.